The van der Waals surface area contributed by atoms with Crippen LogP contribution in [-0.4, -0.2) is 76.0 Å². The van der Waals surface area contributed by atoms with Crippen molar-refractivity contribution in [1.29, 1.82) is 0 Å². The van der Waals surface area contributed by atoms with Crippen LogP contribution >= 0.6 is 35.3 Å². The van der Waals surface area contributed by atoms with Gasteiger partial charge in [-0.3, -0.25) is 19.2 Å². The van der Waals surface area contributed by atoms with E-state index in [0.29, 0.717) is 30.0 Å². The van der Waals surface area contributed by atoms with Gasteiger partial charge in [0.05, 0.1) is 32.7 Å². The Labute approximate surface area is 332 Å². The van der Waals surface area contributed by atoms with Crippen molar-refractivity contribution in [2.75, 3.05) is 13.2 Å². The number of nitrogens with one attached hydrogen (secondary N) is 2. The number of halogens is 2. The first-order valence-corrected chi connectivity index (χ1v) is 19.4. The molecular formula is C39H52Cl2N6O6S. The van der Waals surface area contributed by atoms with E-state index in [1.165, 1.54) is 4.90 Å². The minimum absolute atomic E-state index is 0. The van der Waals surface area contributed by atoms with E-state index < -0.39 is 41.0 Å². The number of nitrogens with zero attached hydrogens (tertiary/aromatic N) is 2. The van der Waals surface area contributed by atoms with Crippen molar-refractivity contribution in [2.45, 2.75) is 109 Å². The topological polar surface area (TPSA) is 190 Å². The smallest absolute Gasteiger partial charge is 0.246 e. The van der Waals surface area contributed by atoms with Crippen LogP contribution in [0.15, 0.2) is 48.0 Å². The number of rotatable bonds is 16. The van der Waals surface area contributed by atoms with Gasteiger partial charge in [-0.1, -0.05) is 68.8 Å². The first-order chi connectivity index (χ1) is 25.1. The van der Waals surface area contributed by atoms with Crippen molar-refractivity contribution >= 4 is 59.0 Å². The highest BCUT2D eigenvalue weighted by Crippen LogP contribution is 2.46. The summed E-state index contributed by atoms with van der Waals surface area (Å²) in [6, 6.07) is 11.4. The molecule has 1 aliphatic carbocycles. The van der Waals surface area contributed by atoms with Gasteiger partial charge >= 0.3 is 0 Å². The number of carbonyl (C=O) groups excluding carboxylic acids is 4. The maximum atomic E-state index is 14.1. The third kappa shape index (κ3) is 10.7. The molecule has 7 N–H and O–H groups in total. The highest BCUT2D eigenvalue weighted by Gasteiger charge is 2.50. The maximum absolute atomic E-state index is 14.1. The van der Waals surface area contributed by atoms with Gasteiger partial charge in [0.25, 0.3) is 0 Å². The van der Waals surface area contributed by atoms with E-state index in [0.717, 1.165) is 40.1 Å². The minimum atomic E-state index is -0.924. The minimum Gasteiger partial charge on any atom is -0.490 e. The predicted octanol–water partition coefficient (Wildman–Crippen LogP) is 4.79. The normalized spacial score (nSPS) is 18.6. The standard InChI is InChI=1S/C39H51ClN6O6S.ClH/c1-23-34(53-22-43-23)25-11-13-26(14-12-25)39(17-18-39)45-36(50)29-19-28(47)20-46(29)37(51)35(38(2,3)4)44-32(49)10-6-8-24-7-5-9-30(33(24)40)52-21-27(41)15-16-31(42)48;/h5,7,9,11-14,22,27-29,35,47H,6,8,10,15-21,41H2,1-4H3,(H2,42,48)(H,44,49)(H,45,50);1H/t27-,28+,29-,35+;/m0./s1. The molecule has 4 atom stereocenters. The number of nitrogens with two attached hydrogens (primary N) is 2. The van der Waals surface area contributed by atoms with Gasteiger partial charge in [0.2, 0.25) is 23.6 Å². The number of aliphatic hydroxyl groups excluding tert-OH is 1. The Kier molecular flexibility index (Phi) is 14.5. The Morgan fingerprint density at radius 3 is 2.44 bits per heavy atom. The van der Waals surface area contributed by atoms with Crippen LogP contribution in [0.5, 0.6) is 5.75 Å². The third-order valence-corrected chi connectivity index (χ3v) is 11.4. The molecule has 2 fully saturated rings. The number of aromatic nitrogens is 1. The van der Waals surface area contributed by atoms with Crippen LogP contribution in [0.4, 0.5) is 0 Å². The van der Waals surface area contributed by atoms with Crippen LogP contribution in [-0.2, 0) is 31.1 Å². The number of aryl methyl sites for hydroxylation is 2. The number of hydrogen-bond acceptors (Lipinski definition) is 9. The average Bonchev–Trinajstić information content (AvgIpc) is 3.57. The fraction of sp³-hybridized carbons (Fsp3) is 0.513. The van der Waals surface area contributed by atoms with Crippen molar-refractivity contribution in [1.82, 2.24) is 20.5 Å². The average molecular weight is 804 g/mol. The lowest BCUT2D eigenvalue weighted by molar-refractivity contribution is -0.144. The number of thiazole rings is 1. The summed E-state index contributed by atoms with van der Waals surface area (Å²) >= 11 is 8.20. The Morgan fingerprint density at radius 2 is 1.83 bits per heavy atom. The van der Waals surface area contributed by atoms with Crippen LogP contribution in [0.2, 0.25) is 5.02 Å². The molecule has 0 bridgehead atoms. The zero-order valence-electron chi connectivity index (χ0n) is 31.2. The van der Waals surface area contributed by atoms with Crippen molar-refractivity contribution in [3.05, 3.63) is 69.8 Å². The molecule has 2 aliphatic rings. The Balaban J connectivity index is 0.00000650. The molecular weight excluding hydrogens is 751 g/mol. The number of primary amides is 1. The van der Waals surface area contributed by atoms with E-state index in [9.17, 15) is 24.3 Å². The second-order valence-electron chi connectivity index (χ2n) is 15.3. The zero-order valence-corrected chi connectivity index (χ0v) is 33.6. The lowest BCUT2D eigenvalue weighted by Gasteiger charge is -2.35. The molecule has 2 heterocycles. The molecule has 1 saturated heterocycles. The lowest BCUT2D eigenvalue weighted by atomic mass is 9.85. The highest BCUT2D eigenvalue weighted by molar-refractivity contribution is 7.13. The SMILES string of the molecule is Cc1ncsc1-c1ccc(C2(NC(=O)[C@@H]3C[C@@H](O)CN3C(=O)[C@@H](NC(=O)CCCc3cccc(OC[C@@H](N)CCC(N)=O)c3Cl)C(C)(C)C)CC2)cc1.Cl. The molecule has 5 rings (SSSR count). The van der Waals surface area contributed by atoms with Gasteiger partial charge in [-0.05, 0) is 67.2 Å². The Bertz CT molecular complexity index is 1790. The number of ether oxygens (including phenoxy) is 1. The molecule has 15 heteroatoms. The molecule has 1 aromatic heterocycles. The second kappa shape index (κ2) is 18.3. The molecule has 294 valence electrons. The highest BCUT2D eigenvalue weighted by atomic mass is 35.5. The Hall–Kier alpha value is -3.75. The molecule has 0 radical (unpaired) electrons. The second-order valence-corrected chi connectivity index (χ2v) is 16.6. The first-order valence-electron chi connectivity index (χ1n) is 18.1. The van der Waals surface area contributed by atoms with Crippen LogP contribution in [0.25, 0.3) is 10.4 Å². The van der Waals surface area contributed by atoms with Crippen LogP contribution in [0.1, 0.15) is 82.5 Å². The van der Waals surface area contributed by atoms with E-state index in [2.05, 4.69) is 15.6 Å². The number of likely N-dealkylation sites (tertiary alicyclic amines) is 1. The summed E-state index contributed by atoms with van der Waals surface area (Å²) in [6.45, 7) is 7.73. The van der Waals surface area contributed by atoms with Crippen LogP contribution < -0.4 is 26.8 Å². The van der Waals surface area contributed by atoms with Crippen LogP contribution in [0.3, 0.4) is 0 Å². The molecule has 12 nitrogen and oxygen atoms in total. The molecule has 3 aromatic rings. The molecule has 0 unspecified atom stereocenters. The van der Waals surface area contributed by atoms with Crippen molar-refractivity contribution in [2.24, 2.45) is 16.9 Å². The summed E-state index contributed by atoms with van der Waals surface area (Å²) in [5, 5.41) is 17.2. The van der Waals surface area contributed by atoms with Gasteiger partial charge in [0, 0.05) is 31.8 Å². The summed E-state index contributed by atoms with van der Waals surface area (Å²) in [4.78, 5) is 59.1. The monoisotopic (exact) mass is 802 g/mol. The van der Waals surface area contributed by atoms with Gasteiger partial charge in [0.1, 0.15) is 24.4 Å². The van der Waals surface area contributed by atoms with Gasteiger partial charge in [-0.2, -0.15) is 0 Å². The van der Waals surface area contributed by atoms with Gasteiger partial charge in [-0.15, -0.1) is 23.7 Å². The number of carbonyl (C=O) groups is 4. The van der Waals surface area contributed by atoms with Crippen LogP contribution in [0, 0.1) is 12.3 Å². The van der Waals surface area contributed by atoms with E-state index in [4.69, 9.17) is 27.8 Å². The summed E-state index contributed by atoms with van der Waals surface area (Å²) in [7, 11) is 0. The summed E-state index contributed by atoms with van der Waals surface area (Å²) in [6.07, 6.45) is 2.45. The van der Waals surface area contributed by atoms with Crippen molar-refractivity contribution in [3.8, 4) is 16.2 Å². The van der Waals surface area contributed by atoms with Gasteiger partial charge in [0.15, 0.2) is 0 Å². The number of hydrogen-bond donors (Lipinski definition) is 5. The molecule has 2 aromatic carbocycles. The van der Waals surface area contributed by atoms with Gasteiger partial charge in [-0.25, -0.2) is 4.98 Å². The summed E-state index contributed by atoms with van der Waals surface area (Å²) in [5.74, 6) is -0.993. The first kappa shape index (κ1) is 43.0. The van der Waals surface area contributed by atoms with Crippen molar-refractivity contribution in [3.63, 3.8) is 0 Å². The lowest BCUT2D eigenvalue weighted by Crippen LogP contribution is -2.58. The number of β-amino-alcohol motifs (C(OH)–C–C–N with tert-alkyl or cyclic N) is 1. The zero-order chi connectivity index (χ0) is 38.5. The number of benzene rings is 2. The molecule has 1 aliphatic heterocycles. The van der Waals surface area contributed by atoms with E-state index in [-0.39, 0.29) is 62.7 Å². The summed E-state index contributed by atoms with van der Waals surface area (Å²) in [5.41, 5.74) is 15.7. The van der Waals surface area contributed by atoms with E-state index in [1.807, 2.05) is 69.6 Å². The third-order valence-electron chi connectivity index (χ3n) is 9.95. The van der Waals surface area contributed by atoms with Gasteiger partial charge < -0.3 is 36.8 Å². The maximum Gasteiger partial charge on any atom is 0.246 e. The van der Waals surface area contributed by atoms with Crippen molar-refractivity contribution < 1.29 is 29.0 Å². The largest absolute Gasteiger partial charge is 0.490 e. The fourth-order valence-corrected chi connectivity index (χ4v) is 7.80. The number of aliphatic hydroxyl groups is 1. The molecule has 54 heavy (non-hydrogen) atoms. The Morgan fingerprint density at radius 1 is 1.13 bits per heavy atom. The molecule has 4 amide bonds. The molecule has 0 spiro atoms. The quantitative estimate of drug-likeness (QED) is 0.137. The fourth-order valence-electron chi connectivity index (χ4n) is 6.71. The number of amides is 4. The van der Waals surface area contributed by atoms with E-state index >= 15 is 0 Å². The summed E-state index contributed by atoms with van der Waals surface area (Å²) < 4.78 is 5.79. The molecule has 1 saturated carbocycles. The predicted molar refractivity (Wildman–Crippen MR) is 212 cm³/mol. The van der Waals surface area contributed by atoms with E-state index in [1.54, 1.807) is 17.4 Å².